The molecule has 0 spiro atoms. The SMILES string of the molecule is CC(C)CC(NCC1CCSC1)C(=O)N(C)C. The quantitative estimate of drug-likeness (QED) is 0.789. The third-order valence-electron chi connectivity index (χ3n) is 3.12. The van der Waals surface area contributed by atoms with Gasteiger partial charge in [0.2, 0.25) is 5.91 Å². The van der Waals surface area contributed by atoms with Crippen molar-refractivity contribution in [3.63, 3.8) is 0 Å². The molecule has 1 aliphatic rings. The Balaban J connectivity index is 2.41. The van der Waals surface area contributed by atoms with E-state index in [1.165, 1.54) is 17.9 Å². The number of amides is 1. The van der Waals surface area contributed by atoms with Crippen LogP contribution in [0.15, 0.2) is 0 Å². The van der Waals surface area contributed by atoms with Crippen molar-refractivity contribution in [2.24, 2.45) is 11.8 Å². The van der Waals surface area contributed by atoms with Crippen molar-refractivity contribution < 1.29 is 4.79 Å². The number of hydrogen-bond donors (Lipinski definition) is 1. The number of carbonyl (C=O) groups excluding carboxylic acids is 1. The Bertz CT molecular complexity index is 238. The fourth-order valence-corrected chi connectivity index (χ4v) is 3.39. The Morgan fingerprint density at radius 1 is 1.47 bits per heavy atom. The fraction of sp³-hybridized carbons (Fsp3) is 0.923. The number of nitrogens with zero attached hydrogens (tertiary/aromatic N) is 1. The summed E-state index contributed by atoms with van der Waals surface area (Å²) >= 11 is 2.03. The molecular formula is C13H26N2OS. The first kappa shape index (κ1) is 14.8. The van der Waals surface area contributed by atoms with Crippen LogP contribution < -0.4 is 5.32 Å². The molecule has 0 aromatic rings. The van der Waals surface area contributed by atoms with Crippen LogP contribution in [0.4, 0.5) is 0 Å². The van der Waals surface area contributed by atoms with Crippen LogP contribution >= 0.6 is 11.8 Å². The predicted octanol–water partition coefficient (Wildman–Crippen LogP) is 1.83. The van der Waals surface area contributed by atoms with Gasteiger partial charge < -0.3 is 10.2 Å². The molecule has 0 saturated carbocycles. The van der Waals surface area contributed by atoms with Gasteiger partial charge >= 0.3 is 0 Å². The van der Waals surface area contributed by atoms with Crippen molar-refractivity contribution in [3.05, 3.63) is 0 Å². The number of nitrogens with one attached hydrogen (secondary N) is 1. The standard InChI is InChI=1S/C13H26N2OS/c1-10(2)7-12(13(16)15(3)4)14-8-11-5-6-17-9-11/h10-12,14H,5-9H2,1-4H3. The molecule has 3 nitrogen and oxygen atoms in total. The van der Waals surface area contributed by atoms with Gasteiger partial charge in [-0.1, -0.05) is 13.8 Å². The van der Waals surface area contributed by atoms with Crippen LogP contribution in [0.5, 0.6) is 0 Å². The zero-order valence-electron chi connectivity index (χ0n) is 11.5. The third-order valence-corrected chi connectivity index (χ3v) is 4.35. The van der Waals surface area contributed by atoms with E-state index < -0.39 is 0 Å². The van der Waals surface area contributed by atoms with Gasteiger partial charge in [-0.15, -0.1) is 0 Å². The average molecular weight is 258 g/mol. The third kappa shape index (κ3) is 5.30. The molecule has 2 atom stereocenters. The lowest BCUT2D eigenvalue weighted by Gasteiger charge is -2.24. The summed E-state index contributed by atoms with van der Waals surface area (Å²) in [6.45, 7) is 5.33. The molecule has 1 heterocycles. The highest BCUT2D eigenvalue weighted by Crippen LogP contribution is 2.22. The van der Waals surface area contributed by atoms with E-state index in [0.717, 1.165) is 18.9 Å². The van der Waals surface area contributed by atoms with Crippen molar-refractivity contribution in [2.45, 2.75) is 32.7 Å². The Hall–Kier alpha value is -0.220. The summed E-state index contributed by atoms with van der Waals surface area (Å²) < 4.78 is 0. The van der Waals surface area contributed by atoms with Crippen LogP contribution in [0.25, 0.3) is 0 Å². The molecule has 0 bridgehead atoms. The molecule has 1 aliphatic heterocycles. The summed E-state index contributed by atoms with van der Waals surface area (Å²) in [5.41, 5.74) is 0. The molecule has 1 fully saturated rings. The molecule has 0 aromatic heterocycles. The maximum absolute atomic E-state index is 12.0. The van der Waals surface area contributed by atoms with Gasteiger partial charge in [0.05, 0.1) is 6.04 Å². The van der Waals surface area contributed by atoms with Crippen molar-refractivity contribution in [3.8, 4) is 0 Å². The Labute approximate surface area is 110 Å². The molecule has 0 radical (unpaired) electrons. The van der Waals surface area contributed by atoms with E-state index in [-0.39, 0.29) is 11.9 Å². The van der Waals surface area contributed by atoms with E-state index in [4.69, 9.17) is 0 Å². The van der Waals surface area contributed by atoms with E-state index >= 15 is 0 Å². The van der Waals surface area contributed by atoms with Crippen molar-refractivity contribution in [1.82, 2.24) is 10.2 Å². The highest BCUT2D eigenvalue weighted by atomic mass is 32.2. The predicted molar refractivity (Wildman–Crippen MR) is 75.4 cm³/mol. The van der Waals surface area contributed by atoms with Gasteiger partial charge in [0, 0.05) is 14.1 Å². The van der Waals surface area contributed by atoms with Crippen molar-refractivity contribution >= 4 is 17.7 Å². The average Bonchev–Trinajstić information content (AvgIpc) is 2.75. The number of likely N-dealkylation sites (N-methyl/N-ethyl adjacent to an activating group) is 1. The summed E-state index contributed by atoms with van der Waals surface area (Å²) in [5.74, 6) is 4.05. The number of rotatable bonds is 6. The number of carbonyl (C=O) groups is 1. The van der Waals surface area contributed by atoms with Crippen LogP contribution in [0.2, 0.25) is 0 Å². The number of hydrogen-bond acceptors (Lipinski definition) is 3. The normalized spacial score (nSPS) is 21.8. The molecule has 4 heteroatoms. The molecule has 100 valence electrons. The summed E-state index contributed by atoms with van der Waals surface area (Å²) in [7, 11) is 3.67. The van der Waals surface area contributed by atoms with E-state index in [9.17, 15) is 4.79 Å². The van der Waals surface area contributed by atoms with Gasteiger partial charge in [-0.05, 0) is 42.7 Å². The Morgan fingerprint density at radius 2 is 2.18 bits per heavy atom. The zero-order valence-corrected chi connectivity index (χ0v) is 12.3. The summed E-state index contributed by atoms with van der Waals surface area (Å²) in [6.07, 6.45) is 2.22. The molecule has 2 unspecified atom stereocenters. The van der Waals surface area contributed by atoms with E-state index in [1.54, 1.807) is 4.90 Å². The van der Waals surface area contributed by atoms with Crippen molar-refractivity contribution in [1.29, 1.82) is 0 Å². The zero-order chi connectivity index (χ0) is 12.8. The highest BCUT2D eigenvalue weighted by Gasteiger charge is 2.23. The van der Waals surface area contributed by atoms with Gasteiger partial charge in [0.15, 0.2) is 0 Å². The fourth-order valence-electron chi connectivity index (χ4n) is 2.11. The molecule has 1 N–H and O–H groups in total. The summed E-state index contributed by atoms with van der Waals surface area (Å²) in [6, 6.07) is -0.00407. The minimum absolute atomic E-state index is 0.00407. The van der Waals surface area contributed by atoms with E-state index in [1.807, 2.05) is 25.9 Å². The topological polar surface area (TPSA) is 32.3 Å². The first-order chi connectivity index (χ1) is 8.00. The van der Waals surface area contributed by atoms with Gasteiger partial charge in [-0.2, -0.15) is 11.8 Å². The second-order valence-corrected chi connectivity index (χ2v) is 6.70. The van der Waals surface area contributed by atoms with E-state index in [0.29, 0.717) is 5.92 Å². The molecule has 1 saturated heterocycles. The van der Waals surface area contributed by atoms with E-state index in [2.05, 4.69) is 19.2 Å². The Morgan fingerprint density at radius 3 is 2.65 bits per heavy atom. The summed E-state index contributed by atoms with van der Waals surface area (Å²) in [4.78, 5) is 13.7. The van der Waals surface area contributed by atoms with Crippen LogP contribution in [0, 0.1) is 11.8 Å². The lowest BCUT2D eigenvalue weighted by molar-refractivity contribution is -0.131. The highest BCUT2D eigenvalue weighted by molar-refractivity contribution is 7.99. The van der Waals surface area contributed by atoms with Crippen LogP contribution in [-0.4, -0.2) is 49.0 Å². The Kier molecular flexibility index (Phi) is 6.34. The summed E-state index contributed by atoms with van der Waals surface area (Å²) in [5, 5.41) is 3.47. The maximum atomic E-state index is 12.0. The number of thioether (sulfide) groups is 1. The first-order valence-corrected chi connectivity index (χ1v) is 7.68. The van der Waals surface area contributed by atoms with Gasteiger partial charge in [0.25, 0.3) is 0 Å². The van der Waals surface area contributed by atoms with Crippen LogP contribution in [0.3, 0.4) is 0 Å². The smallest absolute Gasteiger partial charge is 0.239 e. The second kappa shape index (κ2) is 7.27. The lowest BCUT2D eigenvalue weighted by Crippen LogP contribution is -2.46. The minimum Gasteiger partial charge on any atom is -0.347 e. The second-order valence-electron chi connectivity index (χ2n) is 5.55. The van der Waals surface area contributed by atoms with Crippen LogP contribution in [0.1, 0.15) is 26.7 Å². The maximum Gasteiger partial charge on any atom is 0.239 e. The monoisotopic (exact) mass is 258 g/mol. The molecule has 0 aliphatic carbocycles. The minimum atomic E-state index is -0.00407. The van der Waals surface area contributed by atoms with Crippen LogP contribution in [-0.2, 0) is 4.79 Å². The largest absolute Gasteiger partial charge is 0.347 e. The van der Waals surface area contributed by atoms with Crippen molar-refractivity contribution in [2.75, 3.05) is 32.1 Å². The molecule has 1 amide bonds. The molecule has 1 rings (SSSR count). The van der Waals surface area contributed by atoms with Gasteiger partial charge in [-0.25, -0.2) is 0 Å². The first-order valence-electron chi connectivity index (χ1n) is 6.53. The molecule has 17 heavy (non-hydrogen) atoms. The van der Waals surface area contributed by atoms with Gasteiger partial charge in [-0.3, -0.25) is 4.79 Å². The molecule has 0 aromatic carbocycles. The molecular weight excluding hydrogens is 232 g/mol. The lowest BCUT2D eigenvalue weighted by atomic mass is 10.0. The van der Waals surface area contributed by atoms with Gasteiger partial charge in [0.1, 0.15) is 0 Å².